The maximum atomic E-state index is 11.8. The van der Waals surface area contributed by atoms with E-state index in [1.54, 1.807) is 0 Å². The lowest BCUT2D eigenvalue weighted by atomic mass is 9.81. The molecule has 0 unspecified atom stereocenters. The van der Waals surface area contributed by atoms with Gasteiger partial charge in [-0.15, -0.1) is 0 Å². The van der Waals surface area contributed by atoms with E-state index in [2.05, 4.69) is 60.7 Å². The van der Waals surface area contributed by atoms with E-state index in [0.29, 0.717) is 6.42 Å². The molecule has 0 saturated heterocycles. The Labute approximate surface area is 101 Å². The number of hydrogen-bond donors (Lipinski definition) is 1. The van der Waals surface area contributed by atoms with Gasteiger partial charge in [0.05, 0.1) is 0 Å². The van der Waals surface area contributed by atoms with Gasteiger partial charge in [0, 0.05) is 12.0 Å². The van der Waals surface area contributed by atoms with Gasteiger partial charge in [-0.3, -0.25) is 4.79 Å². The van der Waals surface area contributed by atoms with E-state index < -0.39 is 0 Å². The third kappa shape index (κ3) is 8.75. The van der Waals surface area contributed by atoms with Gasteiger partial charge in [0.15, 0.2) is 0 Å². The first-order valence-electron chi connectivity index (χ1n) is 6.12. The van der Waals surface area contributed by atoms with Gasteiger partial charge in [-0.05, 0) is 31.1 Å². The minimum atomic E-state index is -0.124. The molecule has 0 rings (SSSR count). The third-order valence-corrected chi connectivity index (χ3v) is 2.14. The molecule has 0 heterocycles. The summed E-state index contributed by atoms with van der Waals surface area (Å²) in [5.41, 5.74) is 0.168. The molecule has 0 aromatic heterocycles. The van der Waals surface area contributed by atoms with Crippen LogP contribution in [-0.2, 0) is 4.79 Å². The summed E-state index contributed by atoms with van der Waals surface area (Å²) < 4.78 is 0. The van der Waals surface area contributed by atoms with Crippen molar-refractivity contribution < 1.29 is 4.79 Å². The molecular weight excluding hydrogens is 198 g/mol. The van der Waals surface area contributed by atoms with E-state index in [0.717, 1.165) is 6.42 Å². The molecule has 0 fully saturated rings. The molecule has 1 N–H and O–H groups in total. The first-order chi connectivity index (χ1) is 6.81. The second-order valence-electron chi connectivity index (χ2n) is 7.91. The Bertz CT molecular complexity index is 240. The quantitative estimate of drug-likeness (QED) is 0.781. The van der Waals surface area contributed by atoms with Crippen LogP contribution in [-0.4, -0.2) is 11.4 Å². The molecule has 0 spiro atoms. The van der Waals surface area contributed by atoms with Crippen LogP contribution >= 0.6 is 0 Å². The molecule has 0 atom stereocenters. The van der Waals surface area contributed by atoms with Crippen molar-refractivity contribution in [1.29, 1.82) is 0 Å². The normalized spacial score (nSPS) is 13.8. The van der Waals surface area contributed by atoms with Gasteiger partial charge in [0.2, 0.25) is 5.91 Å². The molecule has 1 amide bonds. The van der Waals surface area contributed by atoms with Gasteiger partial charge < -0.3 is 5.32 Å². The molecular formula is C14H29NO. The molecule has 2 heteroatoms. The lowest BCUT2D eigenvalue weighted by Crippen LogP contribution is -2.46. The highest BCUT2D eigenvalue weighted by atomic mass is 16.1. The Balaban J connectivity index is 4.32. The summed E-state index contributed by atoms with van der Waals surface area (Å²) in [7, 11) is 0. The van der Waals surface area contributed by atoms with Gasteiger partial charge in [-0.2, -0.15) is 0 Å². The van der Waals surface area contributed by atoms with Crippen LogP contribution in [0, 0.1) is 10.8 Å². The zero-order valence-electron chi connectivity index (χ0n) is 12.3. The van der Waals surface area contributed by atoms with E-state index in [1.165, 1.54) is 0 Å². The Kier molecular flexibility index (Phi) is 4.61. The summed E-state index contributed by atoms with van der Waals surface area (Å²) in [5.74, 6) is 0.154. The first kappa shape index (κ1) is 15.5. The second-order valence-corrected chi connectivity index (χ2v) is 7.91. The molecule has 0 radical (unpaired) electrons. The van der Waals surface area contributed by atoms with Crippen LogP contribution in [0.2, 0.25) is 0 Å². The smallest absolute Gasteiger partial charge is 0.220 e. The van der Waals surface area contributed by atoms with Gasteiger partial charge in [-0.1, -0.05) is 41.5 Å². The van der Waals surface area contributed by atoms with Crippen molar-refractivity contribution >= 4 is 5.91 Å². The van der Waals surface area contributed by atoms with Crippen molar-refractivity contribution in [2.24, 2.45) is 10.8 Å². The zero-order valence-corrected chi connectivity index (χ0v) is 12.3. The number of carbonyl (C=O) groups is 1. The molecule has 0 aliphatic rings. The third-order valence-electron chi connectivity index (χ3n) is 2.14. The summed E-state index contributed by atoms with van der Waals surface area (Å²) in [5, 5.41) is 3.13. The van der Waals surface area contributed by atoms with Crippen LogP contribution < -0.4 is 5.32 Å². The van der Waals surface area contributed by atoms with Crippen LogP contribution in [0.1, 0.15) is 68.2 Å². The Morgan fingerprint density at radius 3 is 1.62 bits per heavy atom. The summed E-state index contributed by atoms with van der Waals surface area (Å²) >= 11 is 0. The average molecular weight is 227 g/mol. The monoisotopic (exact) mass is 227 g/mol. The molecule has 0 saturated carbocycles. The fourth-order valence-corrected chi connectivity index (χ4v) is 2.27. The maximum Gasteiger partial charge on any atom is 0.220 e. The molecule has 96 valence electrons. The van der Waals surface area contributed by atoms with Gasteiger partial charge >= 0.3 is 0 Å². The molecule has 2 nitrogen and oxygen atoms in total. The van der Waals surface area contributed by atoms with Crippen molar-refractivity contribution in [2.75, 3.05) is 0 Å². The fraction of sp³-hybridized carbons (Fsp3) is 0.929. The minimum Gasteiger partial charge on any atom is -0.351 e. The van der Waals surface area contributed by atoms with Crippen LogP contribution in [0.4, 0.5) is 0 Å². The molecule has 0 aromatic rings. The van der Waals surface area contributed by atoms with Crippen molar-refractivity contribution in [3.8, 4) is 0 Å². The lowest BCUT2D eigenvalue weighted by Gasteiger charge is -2.34. The molecule has 0 aliphatic heterocycles. The first-order valence-corrected chi connectivity index (χ1v) is 6.12. The summed E-state index contributed by atoms with van der Waals surface area (Å²) in [4.78, 5) is 11.8. The van der Waals surface area contributed by atoms with Crippen LogP contribution in [0.3, 0.4) is 0 Å². The highest BCUT2D eigenvalue weighted by Crippen LogP contribution is 2.27. The summed E-state index contributed by atoms with van der Waals surface area (Å²) in [6.07, 6.45) is 1.57. The Hall–Kier alpha value is -0.530. The molecule has 0 aromatic carbocycles. The van der Waals surface area contributed by atoms with E-state index >= 15 is 0 Å². The SMILES string of the molecule is CC(C)(C)CC(=O)NC(C)(C)CC(C)(C)C. The predicted molar refractivity (Wildman–Crippen MR) is 70.4 cm³/mol. The van der Waals surface area contributed by atoms with Crippen molar-refractivity contribution in [3.63, 3.8) is 0 Å². The minimum absolute atomic E-state index is 0.0574. The van der Waals surface area contributed by atoms with Crippen molar-refractivity contribution in [3.05, 3.63) is 0 Å². The molecule has 0 aliphatic carbocycles. The molecule has 0 bridgehead atoms. The van der Waals surface area contributed by atoms with E-state index in [1.807, 2.05) is 0 Å². The van der Waals surface area contributed by atoms with Crippen LogP contribution in [0.25, 0.3) is 0 Å². The van der Waals surface area contributed by atoms with Crippen LogP contribution in [0.5, 0.6) is 0 Å². The maximum absolute atomic E-state index is 11.8. The van der Waals surface area contributed by atoms with E-state index in [9.17, 15) is 4.79 Å². The Morgan fingerprint density at radius 1 is 0.875 bits per heavy atom. The van der Waals surface area contributed by atoms with Crippen molar-refractivity contribution in [2.45, 2.75) is 73.8 Å². The number of rotatable bonds is 3. The second kappa shape index (κ2) is 4.77. The number of carbonyl (C=O) groups excluding carboxylic acids is 1. The largest absolute Gasteiger partial charge is 0.351 e. The topological polar surface area (TPSA) is 29.1 Å². The standard InChI is InChI=1S/C14H29NO/c1-12(2,3)9-11(16)15-14(7,8)10-13(4,5)6/h9-10H2,1-8H3,(H,15,16). The van der Waals surface area contributed by atoms with Gasteiger partial charge in [-0.25, -0.2) is 0 Å². The van der Waals surface area contributed by atoms with Gasteiger partial charge in [0.25, 0.3) is 0 Å². The number of nitrogens with one attached hydrogen (secondary N) is 1. The van der Waals surface area contributed by atoms with Gasteiger partial charge in [0.1, 0.15) is 0 Å². The summed E-state index contributed by atoms with van der Waals surface area (Å²) in [6, 6.07) is 0. The predicted octanol–water partition coefficient (Wildman–Crippen LogP) is 3.75. The average Bonchev–Trinajstić information content (AvgIpc) is 1.70. The van der Waals surface area contributed by atoms with Crippen LogP contribution in [0.15, 0.2) is 0 Å². The molecule has 16 heavy (non-hydrogen) atoms. The van der Waals surface area contributed by atoms with E-state index in [4.69, 9.17) is 0 Å². The summed E-state index contributed by atoms with van der Waals surface area (Å²) in [6.45, 7) is 17.0. The Morgan fingerprint density at radius 2 is 1.31 bits per heavy atom. The van der Waals surface area contributed by atoms with E-state index in [-0.39, 0.29) is 22.3 Å². The fourth-order valence-electron chi connectivity index (χ4n) is 2.27. The zero-order chi connectivity index (χ0) is 13.2. The number of amides is 1. The highest BCUT2D eigenvalue weighted by Gasteiger charge is 2.28. The van der Waals surface area contributed by atoms with Crippen molar-refractivity contribution in [1.82, 2.24) is 5.32 Å². The number of hydrogen-bond acceptors (Lipinski definition) is 1. The highest BCUT2D eigenvalue weighted by molar-refractivity contribution is 5.77. The lowest BCUT2D eigenvalue weighted by molar-refractivity contribution is -0.124.